The van der Waals surface area contributed by atoms with Gasteiger partial charge in [0, 0.05) is 4.87 Å². The normalized spacial score (nSPS) is 20.1. The van der Waals surface area contributed by atoms with Gasteiger partial charge < -0.3 is 0 Å². The molecule has 0 spiro atoms. The molecule has 0 aromatic carbocycles. The first-order valence-corrected chi connectivity index (χ1v) is 5.65. The number of rotatable bonds is 3. The second-order valence-electron chi connectivity index (χ2n) is 5.86. The first-order chi connectivity index (χ1) is 5.59. The summed E-state index contributed by atoms with van der Waals surface area (Å²) in [6.07, 6.45) is 1.21. The quantitative estimate of drug-likeness (QED) is 0.584. The molecule has 0 radical (unpaired) electrons. The van der Waals surface area contributed by atoms with E-state index in [2.05, 4.69) is 48.5 Å². The molecule has 13 heavy (non-hydrogen) atoms. The Labute approximate surface area is 89.1 Å². The van der Waals surface area contributed by atoms with Crippen molar-refractivity contribution in [3.63, 3.8) is 0 Å². The van der Waals surface area contributed by atoms with Gasteiger partial charge in [0.25, 0.3) is 0 Å². The highest BCUT2D eigenvalue weighted by Gasteiger charge is 2.40. The van der Waals surface area contributed by atoms with Crippen LogP contribution < -0.4 is 0 Å². The van der Waals surface area contributed by atoms with Gasteiger partial charge in [-0.25, -0.2) is 0 Å². The van der Waals surface area contributed by atoms with E-state index < -0.39 is 0 Å². The van der Waals surface area contributed by atoms with E-state index in [1.807, 2.05) is 0 Å². The maximum absolute atomic E-state index is 6.61. The Kier molecular flexibility index (Phi) is 4.30. The average molecular weight is 205 g/mol. The highest BCUT2D eigenvalue weighted by Crippen LogP contribution is 2.44. The predicted octanol–water partition coefficient (Wildman–Crippen LogP) is 4.71. The zero-order chi connectivity index (χ0) is 10.9. The van der Waals surface area contributed by atoms with Gasteiger partial charge in [0.2, 0.25) is 0 Å². The fourth-order valence-corrected chi connectivity index (χ4v) is 1.76. The van der Waals surface area contributed by atoms with E-state index in [4.69, 9.17) is 11.6 Å². The molecule has 0 amide bonds. The fraction of sp³-hybridized carbons (Fsp3) is 1.00. The van der Waals surface area contributed by atoms with Crippen molar-refractivity contribution >= 4 is 11.6 Å². The van der Waals surface area contributed by atoms with Crippen molar-refractivity contribution in [1.29, 1.82) is 0 Å². The maximum atomic E-state index is 6.61. The van der Waals surface area contributed by atoms with E-state index in [9.17, 15) is 0 Å². The van der Waals surface area contributed by atoms with Gasteiger partial charge in [-0.15, -0.1) is 11.6 Å². The van der Waals surface area contributed by atoms with Crippen LogP contribution in [0.25, 0.3) is 0 Å². The molecule has 0 rings (SSSR count). The lowest BCUT2D eigenvalue weighted by Gasteiger charge is -2.42. The lowest BCUT2D eigenvalue weighted by atomic mass is 9.72. The van der Waals surface area contributed by atoms with Crippen LogP contribution in [-0.4, -0.2) is 4.87 Å². The minimum atomic E-state index is -0.0999. The number of hydrogen-bond donors (Lipinski definition) is 0. The zero-order valence-corrected chi connectivity index (χ0v) is 11.0. The van der Waals surface area contributed by atoms with Crippen LogP contribution in [0.3, 0.4) is 0 Å². The van der Waals surface area contributed by atoms with Crippen LogP contribution in [0.5, 0.6) is 0 Å². The van der Waals surface area contributed by atoms with E-state index in [-0.39, 0.29) is 10.3 Å². The summed E-state index contributed by atoms with van der Waals surface area (Å²) in [5.74, 6) is 1.30. The van der Waals surface area contributed by atoms with Crippen LogP contribution >= 0.6 is 11.6 Å². The van der Waals surface area contributed by atoms with Crippen molar-refractivity contribution in [2.75, 3.05) is 0 Å². The van der Waals surface area contributed by atoms with E-state index in [0.717, 1.165) is 5.92 Å². The first kappa shape index (κ1) is 13.3. The summed E-state index contributed by atoms with van der Waals surface area (Å²) in [5.41, 5.74) is 0.170. The predicted molar refractivity (Wildman–Crippen MR) is 62.3 cm³/mol. The van der Waals surface area contributed by atoms with Crippen molar-refractivity contribution in [2.45, 2.75) is 59.8 Å². The molecule has 1 heteroatoms. The summed E-state index contributed by atoms with van der Waals surface area (Å²) in [4.78, 5) is -0.0999. The van der Waals surface area contributed by atoms with E-state index in [0.29, 0.717) is 5.92 Å². The monoisotopic (exact) mass is 204 g/mol. The van der Waals surface area contributed by atoms with Crippen molar-refractivity contribution in [1.82, 2.24) is 0 Å². The Hall–Kier alpha value is 0.290. The van der Waals surface area contributed by atoms with Gasteiger partial charge in [-0.2, -0.15) is 0 Å². The molecular formula is C12H25Cl. The highest BCUT2D eigenvalue weighted by atomic mass is 35.5. The lowest BCUT2D eigenvalue weighted by Crippen LogP contribution is -2.40. The van der Waals surface area contributed by atoms with Gasteiger partial charge in [0.15, 0.2) is 0 Å². The molecule has 0 aliphatic carbocycles. The Morgan fingerprint density at radius 2 is 1.38 bits per heavy atom. The summed E-state index contributed by atoms with van der Waals surface area (Å²) >= 11 is 6.61. The summed E-state index contributed by atoms with van der Waals surface area (Å²) in [6, 6.07) is 0. The molecular weight excluding hydrogens is 180 g/mol. The second kappa shape index (κ2) is 4.21. The smallest absolute Gasteiger partial charge is 0.0492 e. The minimum Gasteiger partial charge on any atom is -0.119 e. The minimum absolute atomic E-state index is 0.0999. The zero-order valence-electron chi connectivity index (χ0n) is 10.2. The molecule has 0 nitrogen and oxygen atoms in total. The summed E-state index contributed by atoms with van der Waals surface area (Å²) < 4.78 is 0. The molecule has 80 valence electrons. The van der Waals surface area contributed by atoms with Crippen molar-refractivity contribution in [3.8, 4) is 0 Å². The molecule has 2 unspecified atom stereocenters. The molecule has 0 N–H and O–H groups in total. The third kappa shape index (κ3) is 3.50. The fourth-order valence-electron chi connectivity index (χ4n) is 1.67. The molecule has 0 bridgehead atoms. The van der Waals surface area contributed by atoms with E-state index in [1.165, 1.54) is 6.42 Å². The average Bonchev–Trinajstić information content (AvgIpc) is 1.82. The molecule has 2 atom stereocenters. The third-order valence-corrected chi connectivity index (χ3v) is 4.16. The Balaban J connectivity index is 4.45. The van der Waals surface area contributed by atoms with E-state index >= 15 is 0 Å². The van der Waals surface area contributed by atoms with Gasteiger partial charge in [-0.3, -0.25) is 0 Å². The molecule has 0 aromatic heterocycles. The van der Waals surface area contributed by atoms with Crippen LogP contribution in [0.2, 0.25) is 0 Å². The van der Waals surface area contributed by atoms with Crippen LogP contribution in [0.15, 0.2) is 0 Å². The van der Waals surface area contributed by atoms with E-state index in [1.54, 1.807) is 0 Å². The molecule has 0 saturated heterocycles. The summed E-state index contributed by atoms with van der Waals surface area (Å²) in [5, 5.41) is 0. The SMILES string of the molecule is CC(C)CC(C)C(C)(Cl)C(C)(C)C. The molecule has 0 aromatic rings. The number of alkyl halides is 1. The third-order valence-electron chi connectivity index (χ3n) is 3.22. The van der Waals surface area contributed by atoms with Crippen LogP contribution in [-0.2, 0) is 0 Å². The van der Waals surface area contributed by atoms with Gasteiger partial charge in [0.1, 0.15) is 0 Å². The van der Waals surface area contributed by atoms with Gasteiger partial charge in [-0.1, -0.05) is 41.5 Å². The molecule has 0 aliphatic rings. The number of halogens is 1. The van der Waals surface area contributed by atoms with Gasteiger partial charge in [-0.05, 0) is 30.6 Å². The van der Waals surface area contributed by atoms with Crippen LogP contribution in [0.4, 0.5) is 0 Å². The number of hydrogen-bond acceptors (Lipinski definition) is 0. The Morgan fingerprint density at radius 1 is 1.00 bits per heavy atom. The van der Waals surface area contributed by atoms with Gasteiger partial charge >= 0.3 is 0 Å². The molecule has 0 heterocycles. The van der Waals surface area contributed by atoms with Crippen LogP contribution in [0.1, 0.15) is 54.9 Å². The van der Waals surface area contributed by atoms with Gasteiger partial charge in [0.05, 0.1) is 0 Å². The molecule has 0 aliphatic heterocycles. The largest absolute Gasteiger partial charge is 0.119 e. The molecule has 0 fully saturated rings. The topological polar surface area (TPSA) is 0 Å². The van der Waals surface area contributed by atoms with Crippen LogP contribution in [0, 0.1) is 17.3 Å². The summed E-state index contributed by atoms with van der Waals surface area (Å²) in [6.45, 7) is 15.6. The molecule has 0 saturated carbocycles. The first-order valence-electron chi connectivity index (χ1n) is 5.28. The highest BCUT2D eigenvalue weighted by molar-refractivity contribution is 6.24. The Morgan fingerprint density at radius 3 is 1.62 bits per heavy atom. The second-order valence-corrected chi connectivity index (χ2v) is 6.64. The Bertz CT molecular complexity index is 151. The van der Waals surface area contributed by atoms with Crippen molar-refractivity contribution in [2.24, 2.45) is 17.3 Å². The standard InChI is InChI=1S/C12H25Cl/c1-9(2)8-10(3)12(7,13)11(4,5)6/h9-10H,8H2,1-7H3. The lowest BCUT2D eigenvalue weighted by molar-refractivity contribution is 0.198. The van der Waals surface area contributed by atoms with Crippen molar-refractivity contribution < 1.29 is 0 Å². The summed E-state index contributed by atoms with van der Waals surface area (Å²) in [7, 11) is 0. The maximum Gasteiger partial charge on any atom is 0.0492 e. The van der Waals surface area contributed by atoms with Crippen molar-refractivity contribution in [3.05, 3.63) is 0 Å².